The smallest absolute Gasteiger partial charge is 0.221 e. The Balaban J connectivity index is 2.32. The molecule has 0 atom stereocenters. The molecule has 0 aromatic heterocycles. The first-order chi connectivity index (χ1) is 5.72. The molecule has 0 bridgehead atoms. The molecule has 70 valence electrons. The van der Waals surface area contributed by atoms with Crippen LogP contribution in [0.2, 0.25) is 0 Å². The number of carbonyl (C=O) groups excluding carboxylic acids is 1. The van der Waals surface area contributed by atoms with Gasteiger partial charge in [-0.15, -0.1) is 0 Å². The summed E-state index contributed by atoms with van der Waals surface area (Å²) in [6.45, 7) is 0.0705. The average Bonchev–Trinajstić information content (AvgIpc) is 1.97. The zero-order chi connectivity index (χ0) is 9.03. The number of aliphatic hydroxyl groups is 1. The van der Waals surface area contributed by atoms with Gasteiger partial charge in [0.05, 0.1) is 12.1 Å². The highest BCUT2D eigenvalue weighted by Gasteiger charge is 2.37. The Hall–Kier alpha value is -0.0900. The van der Waals surface area contributed by atoms with E-state index in [2.05, 4.69) is 21.2 Å². The van der Waals surface area contributed by atoms with Gasteiger partial charge in [0.15, 0.2) is 0 Å². The van der Waals surface area contributed by atoms with Gasteiger partial charge in [0, 0.05) is 11.8 Å². The third kappa shape index (κ3) is 2.20. The van der Waals surface area contributed by atoms with Crippen LogP contribution in [0, 0.1) is 0 Å². The molecule has 0 aliphatic heterocycles. The maximum atomic E-state index is 11.2. The molecule has 1 fully saturated rings. The largest absolute Gasteiger partial charge is 0.394 e. The van der Waals surface area contributed by atoms with Gasteiger partial charge in [-0.1, -0.05) is 15.9 Å². The summed E-state index contributed by atoms with van der Waals surface area (Å²) < 4.78 is 0. The van der Waals surface area contributed by atoms with Crippen LogP contribution in [0.15, 0.2) is 0 Å². The van der Waals surface area contributed by atoms with E-state index in [1.54, 1.807) is 0 Å². The second-order valence-electron chi connectivity index (χ2n) is 3.28. The van der Waals surface area contributed by atoms with Crippen molar-refractivity contribution in [2.75, 3.05) is 11.9 Å². The lowest BCUT2D eigenvalue weighted by atomic mass is 9.77. The number of alkyl halides is 1. The van der Waals surface area contributed by atoms with Crippen LogP contribution >= 0.6 is 15.9 Å². The minimum absolute atomic E-state index is 0.0284. The van der Waals surface area contributed by atoms with Crippen molar-refractivity contribution in [3.63, 3.8) is 0 Å². The number of carbonyl (C=O) groups is 1. The van der Waals surface area contributed by atoms with Crippen LogP contribution in [-0.4, -0.2) is 28.5 Å². The van der Waals surface area contributed by atoms with Crippen LogP contribution in [0.3, 0.4) is 0 Å². The maximum absolute atomic E-state index is 11.2. The number of halogens is 1. The number of hydrogen-bond acceptors (Lipinski definition) is 2. The van der Waals surface area contributed by atoms with E-state index in [1.165, 1.54) is 0 Å². The Bertz CT molecular complexity index is 163. The molecular weight excluding hydrogens is 222 g/mol. The molecule has 0 aromatic rings. The molecule has 1 aliphatic carbocycles. The summed E-state index contributed by atoms with van der Waals surface area (Å²) in [5.74, 6) is 0.0284. The van der Waals surface area contributed by atoms with Gasteiger partial charge in [0.1, 0.15) is 0 Å². The first kappa shape index (κ1) is 9.99. The fourth-order valence-corrected chi connectivity index (χ4v) is 1.73. The van der Waals surface area contributed by atoms with Gasteiger partial charge in [-0.25, -0.2) is 0 Å². The van der Waals surface area contributed by atoms with E-state index in [4.69, 9.17) is 5.11 Å². The van der Waals surface area contributed by atoms with E-state index in [0.717, 1.165) is 19.3 Å². The minimum atomic E-state index is -0.279. The van der Waals surface area contributed by atoms with Gasteiger partial charge in [0.25, 0.3) is 0 Å². The van der Waals surface area contributed by atoms with Crippen molar-refractivity contribution in [2.24, 2.45) is 0 Å². The van der Waals surface area contributed by atoms with Crippen molar-refractivity contribution in [1.29, 1.82) is 0 Å². The molecule has 1 saturated carbocycles. The van der Waals surface area contributed by atoms with Gasteiger partial charge in [-0.05, 0) is 19.3 Å². The molecule has 12 heavy (non-hydrogen) atoms. The molecule has 0 heterocycles. The number of aliphatic hydroxyl groups excluding tert-OH is 1. The van der Waals surface area contributed by atoms with Crippen LogP contribution in [0.25, 0.3) is 0 Å². The maximum Gasteiger partial charge on any atom is 0.221 e. The summed E-state index contributed by atoms with van der Waals surface area (Å²) in [5.41, 5.74) is -0.279. The van der Waals surface area contributed by atoms with Crippen molar-refractivity contribution < 1.29 is 9.90 Å². The Morgan fingerprint density at radius 2 is 2.25 bits per heavy atom. The SMILES string of the molecule is O=C(CCBr)NC1(CO)CCC1. The lowest BCUT2D eigenvalue weighted by Crippen LogP contribution is -2.56. The molecule has 4 heteroatoms. The molecule has 0 unspecified atom stereocenters. The highest BCUT2D eigenvalue weighted by atomic mass is 79.9. The van der Waals surface area contributed by atoms with E-state index >= 15 is 0 Å². The summed E-state index contributed by atoms with van der Waals surface area (Å²) >= 11 is 3.20. The van der Waals surface area contributed by atoms with Crippen LogP contribution < -0.4 is 5.32 Å². The predicted octanol–water partition coefficient (Wildman–Crippen LogP) is 0.803. The number of hydrogen-bond donors (Lipinski definition) is 2. The molecule has 1 rings (SSSR count). The number of amides is 1. The van der Waals surface area contributed by atoms with Gasteiger partial charge in [0.2, 0.25) is 5.91 Å². The summed E-state index contributed by atoms with van der Waals surface area (Å²) in [6.07, 6.45) is 3.42. The first-order valence-corrected chi connectivity index (χ1v) is 5.32. The molecule has 0 radical (unpaired) electrons. The van der Waals surface area contributed by atoms with E-state index in [1.807, 2.05) is 0 Å². The predicted molar refractivity (Wildman–Crippen MR) is 50.2 cm³/mol. The van der Waals surface area contributed by atoms with E-state index in [0.29, 0.717) is 11.8 Å². The molecule has 1 aliphatic rings. The third-order valence-corrected chi connectivity index (χ3v) is 2.74. The highest BCUT2D eigenvalue weighted by Crippen LogP contribution is 2.31. The van der Waals surface area contributed by atoms with Crippen molar-refractivity contribution in [3.8, 4) is 0 Å². The van der Waals surface area contributed by atoms with Crippen LogP contribution in [0.5, 0.6) is 0 Å². The monoisotopic (exact) mass is 235 g/mol. The van der Waals surface area contributed by atoms with Crippen LogP contribution in [0.4, 0.5) is 0 Å². The van der Waals surface area contributed by atoms with Gasteiger partial charge in [-0.3, -0.25) is 4.79 Å². The second-order valence-corrected chi connectivity index (χ2v) is 4.07. The van der Waals surface area contributed by atoms with Gasteiger partial charge < -0.3 is 10.4 Å². The molecule has 0 saturated heterocycles. The van der Waals surface area contributed by atoms with E-state index in [9.17, 15) is 4.79 Å². The molecular formula is C8H14BrNO2. The lowest BCUT2D eigenvalue weighted by Gasteiger charge is -2.40. The third-order valence-electron chi connectivity index (χ3n) is 2.34. The molecule has 3 nitrogen and oxygen atoms in total. The Labute approximate surface area is 80.7 Å². The topological polar surface area (TPSA) is 49.3 Å². The summed E-state index contributed by atoms with van der Waals surface area (Å²) in [5, 5.41) is 12.6. The fourth-order valence-electron chi connectivity index (χ4n) is 1.37. The number of rotatable bonds is 4. The Kier molecular flexibility index (Phi) is 3.53. The first-order valence-electron chi connectivity index (χ1n) is 4.20. The van der Waals surface area contributed by atoms with Crippen molar-refractivity contribution in [1.82, 2.24) is 5.32 Å². The van der Waals surface area contributed by atoms with Gasteiger partial charge in [-0.2, -0.15) is 0 Å². The quantitative estimate of drug-likeness (QED) is 0.709. The van der Waals surface area contributed by atoms with E-state index in [-0.39, 0.29) is 18.1 Å². The molecule has 0 spiro atoms. The average molecular weight is 236 g/mol. The van der Waals surface area contributed by atoms with Crippen molar-refractivity contribution in [2.45, 2.75) is 31.2 Å². The second kappa shape index (κ2) is 4.23. The normalized spacial score (nSPS) is 19.8. The van der Waals surface area contributed by atoms with Crippen molar-refractivity contribution in [3.05, 3.63) is 0 Å². The van der Waals surface area contributed by atoms with E-state index < -0.39 is 0 Å². The minimum Gasteiger partial charge on any atom is -0.394 e. The standard InChI is InChI=1S/C8H14BrNO2/c9-5-2-7(12)10-8(6-11)3-1-4-8/h11H,1-6H2,(H,10,12). The zero-order valence-electron chi connectivity index (χ0n) is 6.98. The van der Waals surface area contributed by atoms with Crippen LogP contribution in [-0.2, 0) is 4.79 Å². The molecule has 1 amide bonds. The number of nitrogens with one attached hydrogen (secondary N) is 1. The summed E-state index contributed by atoms with van der Waals surface area (Å²) in [6, 6.07) is 0. The lowest BCUT2D eigenvalue weighted by molar-refractivity contribution is -0.124. The van der Waals surface area contributed by atoms with Crippen molar-refractivity contribution >= 4 is 21.8 Å². The Morgan fingerprint density at radius 1 is 1.58 bits per heavy atom. The zero-order valence-corrected chi connectivity index (χ0v) is 8.56. The molecule has 2 N–H and O–H groups in total. The van der Waals surface area contributed by atoms with Crippen LogP contribution in [0.1, 0.15) is 25.7 Å². The summed E-state index contributed by atoms with van der Waals surface area (Å²) in [7, 11) is 0. The summed E-state index contributed by atoms with van der Waals surface area (Å²) in [4.78, 5) is 11.2. The molecule has 0 aromatic carbocycles. The highest BCUT2D eigenvalue weighted by molar-refractivity contribution is 9.09. The fraction of sp³-hybridized carbons (Fsp3) is 0.875. The Morgan fingerprint density at radius 3 is 2.58 bits per heavy atom. The van der Waals surface area contributed by atoms with Gasteiger partial charge >= 0.3 is 0 Å².